The summed E-state index contributed by atoms with van der Waals surface area (Å²) in [7, 11) is 0. The number of rotatable bonds is 5. The first-order chi connectivity index (χ1) is 14.2. The van der Waals surface area contributed by atoms with Gasteiger partial charge in [0.05, 0.1) is 28.4 Å². The first-order valence-electron chi connectivity index (χ1n) is 9.06. The number of aromatic nitrogens is 4. The molecular formula is C21H15N5O2S. The Labute approximate surface area is 170 Å². The number of carbonyl (C=O) groups excluding carboxylic acids is 2. The Bertz CT molecular complexity index is 1200. The Kier molecular flexibility index (Phi) is 4.33. The molecule has 0 radical (unpaired) electrons. The molecule has 0 N–H and O–H groups in total. The van der Waals surface area contributed by atoms with E-state index in [4.69, 9.17) is 0 Å². The maximum absolute atomic E-state index is 12.5. The van der Waals surface area contributed by atoms with Crippen LogP contribution in [0.2, 0.25) is 0 Å². The fraction of sp³-hybridized carbons (Fsp3) is 0.0952. The molecule has 5 rings (SSSR count). The third kappa shape index (κ3) is 2.98. The van der Waals surface area contributed by atoms with Crippen LogP contribution in [0.3, 0.4) is 0 Å². The van der Waals surface area contributed by atoms with Crippen molar-refractivity contribution >= 4 is 34.6 Å². The highest BCUT2D eigenvalue weighted by molar-refractivity contribution is 7.99. The standard InChI is InChI=1S/C21H15N5O2S/c27-20-15-8-4-5-9-16(15)21(28)25(20)10-11-29-19-17-12-24-26(18(17)22-13-23-19)14-6-2-1-3-7-14/h1-9,12-13H,10-11H2. The second-order valence-electron chi connectivity index (χ2n) is 6.46. The predicted octanol–water partition coefficient (Wildman–Crippen LogP) is 3.20. The number of carbonyl (C=O) groups is 2. The van der Waals surface area contributed by atoms with E-state index in [1.54, 1.807) is 35.1 Å². The highest BCUT2D eigenvalue weighted by Gasteiger charge is 2.34. The third-order valence-electron chi connectivity index (χ3n) is 4.76. The zero-order valence-electron chi connectivity index (χ0n) is 15.2. The molecule has 2 aromatic carbocycles. The van der Waals surface area contributed by atoms with Crippen molar-refractivity contribution in [3.8, 4) is 5.69 Å². The molecule has 1 aliphatic heterocycles. The van der Waals surface area contributed by atoms with Crippen molar-refractivity contribution in [1.82, 2.24) is 24.6 Å². The minimum Gasteiger partial charge on any atom is -0.273 e. The van der Waals surface area contributed by atoms with Gasteiger partial charge in [-0.05, 0) is 24.3 Å². The van der Waals surface area contributed by atoms with Crippen molar-refractivity contribution in [2.75, 3.05) is 12.3 Å². The molecule has 0 atom stereocenters. The number of amides is 2. The van der Waals surface area contributed by atoms with Gasteiger partial charge in [-0.1, -0.05) is 30.3 Å². The summed E-state index contributed by atoms with van der Waals surface area (Å²) in [4.78, 5) is 35.0. The van der Waals surface area contributed by atoms with E-state index in [0.29, 0.717) is 23.4 Å². The van der Waals surface area contributed by atoms with Gasteiger partial charge in [0.1, 0.15) is 11.4 Å². The fourth-order valence-electron chi connectivity index (χ4n) is 3.37. The quantitative estimate of drug-likeness (QED) is 0.290. The summed E-state index contributed by atoms with van der Waals surface area (Å²) in [5.41, 5.74) is 2.57. The monoisotopic (exact) mass is 401 g/mol. The molecule has 7 nitrogen and oxygen atoms in total. The molecule has 0 unspecified atom stereocenters. The predicted molar refractivity (Wildman–Crippen MR) is 109 cm³/mol. The van der Waals surface area contributed by atoms with E-state index in [1.165, 1.54) is 23.0 Å². The van der Waals surface area contributed by atoms with Gasteiger partial charge in [0.25, 0.3) is 11.8 Å². The van der Waals surface area contributed by atoms with Gasteiger partial charge in [-0.25, -0.2) is 14.6 Å². The van der Waals surface area contributed by atoms with Gasteiger partial charge in [-0.3, -0.25) is 14.5 Å². The van der Waals surface area contributed by atoms with Crippen LogP contribution in [0.15, 0.2) is 72.1 Å². The Hall–Kier alpha value is -3.52. The van der Waals surface area contributed by atoms with Crippen molar-refractivity contribution in [1.29, 1.82) is 0 Å². The maximum Gasteiger partial charge on any atom is 0.261 e. The molecule has 0 fully saturated rings. The lowest BCUT2D eigenvalue weighted by atomic mass is 10.1. The first-order valence-corrected chi connectivity index (χ1v) is 10.0. The van der Waals surface area contributed by atoms with Gasteiger partial charge in [-0.15, -0.1) is 11.8 Å². The zero-order valence-corrected chi connectivity index (χ0v) is 16.0. The number of hydrogen-bond acceptors (Lipinski definition) is 6. The van der Waals surface area contributed by atoms with Crippen LogP contribution in [0, 0.1) is 0 Å². The minimum absolute atomic E-state index is 0.240. The molecule has 2 amide bonds. The van der Waals surface area contributed by atoms with Crippen molar-refractivity contribution in [2.45, 2.75) is 5.03 Å². The van der Waals surface area contributed by atoms with E-state index in [1.807, 2.05) is 30.3 Å². The number of nitrogens with zero attached hydrogens (tertiary/aromatic N) is 5. The molecule has 0 aliphatic carbocycles. The Morgan fingerprint density at radius 2 is 1.55 bits per heavy atom. The van der Waals surface area contributed by atoms with Crippen LogP contribution in [-0.4, -0.2) is 48.8 Å². The lowest BCUT2D eigenvalue weighted by Gasteiger charge is -2.13. The van der Waals surface area contributed by atoms with Crippen LogP contribution in [0.4, 0.5) is 0 Å². The normalized spacial score (nSPS) is 13.3. The highest BCUT2D eigenvalue weighted by Crippen LogP contribution is 2.27. The van der Waals surface area contributed by atoms with Gasteiger partial charge in [0, 0.05) is 12.3 Å². The van der Waals surface area contributed by atoms with Gasteiger partial charge in [0.2, 0.25) is 0 Å². The van der Waals surface area contributed by atoms with Crippen LogP contribution >= 0.6 is 11.8 Å². The SMILES string of the molecule is O=C1c2ccccc2C(=O)N1CCSc1ncnc2c1cnn2-c1ccccc1. The van der Waals surface area contributed by atoms with E-state index in [-0.39, 0.29) is 11.8 Å². The number of hydrogen-bond donors (Lipinski definition) is 0. The molecular weight excluding hydrogens is 386 g/mol. The molecule has 0 bridgehead atoms. The summed E-state index contributed by atoms with van der Waals surface area (Å²) in [6.07, 6.45) is 3.25. The van der Waals surface area contributed by atoms with E-state index in [0.717, 1.165) is 21.7 Å². The topological polar surface area (TPSA) is 81.0 Å². The second kappa shape index (κ2) is 7.14. The van der Waals surface area contributed by atoms with Gasteiger partial charge >= 0.3 is 0 Å². The van der Waals surface area contributed by atoms with Gasteiger partial charge in [0.15, 0.2) is 5.65 Å². The molecule has 0 spiro atoms. The Balaban J connectivity index is 1.34. The first kappa shape index (κ1) is 17.6. The van der Waals surface area contributed by atoms with Crippen molar-refractivity contribution in [2.24, 2.45) is 0 Å². The van der Waals surface area contributed by atoms with Crippen LogP contribution in [0.5, 0.6) is 0 Å². The summed E-state index contributed by atoms with van der Waals surface area (Å²) in [5, 5.41) is 6.05. The van der Waals surface area contributed by atoms with Gasteiger partial charge in [-0.2, -0.15) is 5.10 Å². The van der Waals surface area contributed by atoms with Crippen LogP contribution in [-0.2, 0) is 0 Å². The third-order valence-corrected chi connectivity index (χ3v) is 5.75. The molecule has 142 valence electrons. The summed E-state index contributed by atoms with van der Waals surface area (Å²) >= 11 is 1.48. The maximum atomic E-state index is 12.5. The molecule has 1 aliphatic rings. The number of benzene rings is 2. The van der Waals surface area contributed by atoms with Gasteiger partial charge < -0.3 is 0 Å². The number of fused-ring (bicyclic) bond motifs is 2. The van der Waals surface area contributed by atoms with Crippen molar-refractivity contribution < 1.29 is 9.59 Å². The average molecular weight is 401 g/mol. The van der Waals surface area contributed by atoms with E-state index in [2.05, 4.69) is 15.1 Å². The fourth-order valence-corrected chi connectivity index (χ4v) is 4.26. The molecule has 4 aromatic rings. The lowest BCUT2D eigenvalue weighted by Crippen LogP contribution is -2.31. The number of imide groups is 1. The Morgan fingerprint density at radius 3 is 2.28 bits per heavy atom. The van der Waals surface area contributed by atoms with Crippen LogP contribution in [0.1, 0.15) is 20.7 Å². The van der Waals surface area contributed by atoms with Crippen LogP contribution < -0.4 is 0 Å². The molecule has 0 saturated carbocycles. The van der Waals surface area contributed by atoms with Crippen molar-refractivity contribution in [3.05, 3.63) is 78.2 Å². The Morgan fingerprint density at radius 1 is 0.862 bits per heavy atom. The van der Waals surface area contributed by atoms with E-state index >= 15 is 0 Å². The lowest BCUT2D eigenvalue weighted by molar-refractivity contribution is 0.0664. The summed E-state index contributed by atoms with van der Waals surface area (Å²) in [6, 6.07) is 16.7. The molecule has 3 heterocycles. The molecule has 0 saturated heterocycles. The molecule has 29 heavy (non-hydrogen) atoms. The smallest absolute Gasteiger partial charge is 0.261 e. The van der Waals surface area contributed by atoms with Crippen LogP contribution in [0.25, 0.3) is 16.7 Å². The largest absolute Gasteiger partial charge is 0.273 e. The average Bonchev–Trinajstić information content (AvgIpc) is 3.30. The summed E-state index contributed by atoms with van der Waals surface area (Å²) in [5.74, 6) is 0.0561. The van der Waals surface area contributed by atoms with E-state index < -0.39 is 0 Å². The van der Waals surface area contributed by atoms with Crippen molar-refractivity contribution in [3.63, 3.8) is 0 Å². The minimum atomic E-state index is -0.240. The molecule has 2 aromatic heterocycles. The van der Waals surface area contributed by atoms with E-state index in [9.17, 15) is 9.59 Å². The number of para-hydroxylation sites is 1. The zero-order chi connectivity index (χ0) is 19.8. The number of thioether (sulfide) groups is 1. The summed E-state index contributed by atoms with van der Waals surface area (Å²) < 4.78 is 1.77. The summed E-state index contributed by atoms with van der Waals surface area (Å²) in [6.45, 7) is 0.315. The molecule has 8 heteroatoms. The highest BCUT2D eigenvalue weighted by atomic mass is 32.2. The second-order valence-corrected chi connectivity index (χ2v) is 7.55.